The number of amides is 1. The zero-order chi connectivity index (χ0) is 13.9. The van der Waals surface area contributed by atoms with E-state index in [4.69, 9.17) is 4.74 Å². The minimum atomic E-state index is -0.393. The Hall–Kier alpha value is -2.37. The second-order valence-electron chi connectivity index (χ2n) is 4.82. The largest absolute Gasteiger partial charge is 0.491 e. The van der Waals surface area contributed by atoms with Crippen molar-refractivity contribution < 1.29 is 13.9 Å². The van der Waals surface area contributed by atoms with E-state index < -0.39 is 5.82 Å². The maximum atomic E-state index is 13.3. The summed E-state index contributed by atoms with van der Waals surface area (Å²) in [4.78, 5) is 11.9. The van der Waals surface area contributed by atoms with Gasteiger partial charge in [-0.05, 0) is 37.0 Å². The van der Waals surface area contributed by atoms with Gasteiger partial charge in [0.05, 0.1) is 12.3 Å². The molecule has 1 amide bonds. The van der Waals surface area contributed by atoms with E-state index in [1.54, 1.807) is 6.07 Å². The zero-order valence-corrected chi connectivity index (χ0v) is 10.7. The van der Waals surface area contributed by atoms with E-state index >= 15 is 0 Å². The van der Waals surface area contributed by atoms with Crippen molar-refractivity contribution in [3.05, 3.63) is 42.0 Å². The number of anilines is 1. The van der Waals surface area contributed by atoms with Crippen molar-refractivity contribution >= 4 is 11.6 Å². The van der Waals surface area contributed by atoms with Gasteiger partial charge in [0, 0.05) is 12.3 Å². The lowest BCUT2D eigenvalue weighted by molar-refractivity contribution is 0.102. The van der Waals surface area contributed by atoms with Crippen LogP contribution >= 0.6 is 0 Å². The summed E-state index contributed by atoms with van der Waals surface area (Å²) in [6, 6.07) is 5.62. The third-order valence-corrected chi connectivity index (χ3v) is 3.11. The highest BCUT2D eigenvalue weighted by Gasteiger charge is 2.22. The van der Waals surface area contributed by atoms with E-state index in [2.05, 4.69) is 15.5 Å². The number of nitrogens with zero attached hydrogens (tertiary/aromatic N) is 1. The number of hydrogen-bond acceptors (Lipinski definition) is 3. The standard InChI is InChI=1S/C14H14FN3O2/c15-10-3-4-11(13(7-10)20-8-9-1-2-9)17-14(19)12-5-6-16-18-12/h3-7,9H,1-2,8H2,(H,16,18)(H,17,19). The van der Waals surface area contributed by atoms with E-state index in [9.17, 15) is 9.18 Å². The van der Waals surface area contributed by atoms with Crippen LogP contribution in [0.25, 0.3) is 0 Å². The van der Waals surface area contributed by atoms with Gasteiger partial charge in [-0.25, -0.2) is 4.39 Å². The van der Waals surface area contributed by atoms with E-state index in [0.717, 1.165) is 12.8 Å². The molecule has 20 heavy (non-hydrogen) atoms. The van der Waals surface area contributed by atoms with Crippen molar-refractivity contribution in [3.63, 3.8) is 0 Å². The lowest BCUT2D eigenvalue weighted by Gasteiger charge is -2.12. The van der Waals surface area contributed by atoms with Crippen LogP contribution in [0, 0.1) is 11.7 Å². The quantitative estimate of drug-likeness (QED) is 0.881. The molecule has 1 aromatic carbocycles. The van der Waals surface area contributed by atoms with Gasteiger partial charge in [0.1, 0.15) is 17.3 Å². The second-order valence-corrected chi connectivity index (χ2v) is 4.82. The first-order valence-corrected chi connectivity index (χ1v) is 6.45. The van der Waals surface area contributed by atoms with Crippen LogP contribution in [0.5, 0.6) is 5.75 Å². The Kier molecular flexibility index (Phi) is 3.37. The first-order chi connectivity index (χ1) is 9.72. The molecule has 0 unspecified atom stereocenters. The molecule has 0 atom stereocenters. The number of aromatic nitrogens is 2. The molecule has 0 saturated heterocycles. The molecule has 0 spiro atoms. The molecule has 1 aliphatic carbocycles. The van der Waals surface area contributed by atoms with Gasteiger partial charge < -0.3 is 10.1 Å². The molecule has 0 radical (unpaired) electrons. The van der Waals surface area contributed by atoms with E-state index in [1.807, 2.05) is 0 Å². The molecule has 0 bridgehead atoms. The smallest absolute Gasteiger partial charge is 0.273 e. The Balaban J connectivity index is 1.75. The molecule has 3 rings (SSSR count). The summed E-state index contributed by atoms with van der Waals surface area (Å²) in [6.07, 6.45) is 3.78. The van der Waals surface area contributed by atoms with Gasteiger partial charge >= 0.3 is 0 Å². The van der Waals surface area contributed by atoms with Crippen molar-refractivity contribution in [2.75, 3.05) is 11.9 Å². The van der Waals surface area contributed by atoms with Gasteiger partial charge in [0.25, 0.3) is 5.91 Å². The van der Waals surface area contributed by atoms with Gasteiger partial charge in [-0.3, -0.25) is 9.89 Å². The molecule has 6 heteroatoms. The van der Waals surface area contributed by atoms with Crippen molar-refractivity contribution in [1.29, 1.82) is 0 Å². The number of hydrogen-bond donors (Lipinski definition) is 2. The normalized spacial score (nSPS) is 14.1. The summed E-state index contributed by atoms with van der Waals surface area (Å²) in [5, 5.41) is 8.97. The lowest BCUT2D eigenvalue weighted by atomic mass is 10.2. The van der Waals surface area contributed by atoms with Gasteiger partial charge in [0.2, 0.25) is 0 Å². The zero-order valence-electron chi connectivity index (χ0n) is 10.7. The number of aromatic amines is 1. The summed E-state index contributed by atoms with van der Waals surface area (Å²) in [5.41, 5.74) is 0.786. The van der Waals surface area contributed by atoms with Crippen LogP contribution in [0.3, 0.4) is 0 Å². The van der Waals surface area contributed by atoms with Crippen molar-refractivity contribution in [2.45, 2.75) is 12.8 Å². The lowest BCUT2D eigenvalue weighted by Crippen LogP contribution is -2.14. The number of ether oxygens (including phenoxy) is 1. The van der Waals surface area contributed by atoms with Crippen LogP contribution in [0.15, 0.2) is 30.5 Å². The summed E-state index contributed by atoms with van der Waals surface area (Å²) in [6.45, 7) is 0.552. The topological polar surface area (TPSA) is 67.0 Å². The summed E-state index contributed by atoms with van der Waals surface area (Å²) in [7, 11) is 0. The molecule has 0 aliphatic heterocycles. The third kappa shape index (κ3) is 2.96. The SMILES string of the molecule is O=C(Nc1ccc(F)cc1OCC1CC1)c1ccn[nH]1. The van der Waals surface area contributed by atoms with Crippen LogP contribution < -0.4 is 10.1 Å². The number of carbonyl (C=O) groups excluding carboxylic acids is 1. The van der Waals surface area contributed by atoms with E-state index in [0.29, 0.717) is 29.7 Å². The Bertz CT molecular complexity index is 609. The molecule has 1 aromatic heterocycles. The predicted molar refractivity (Wildman–Crippen MR) is 71.2 cm³/mol. The molecular weight excluding hydrogens is 261 g/mol. The Morgan fingerprint density at radius 1 is 1.45 bits per heavy atom. The number of halogens is 1. The number of benzene rings is 1. The fraction of sp³-hybridized carbons (Fsp3) is 0.286. The molecule has 1 aliphatic rings. The number of nitrogens with one attached hydrogen (secondary N) is 2. The average Bonchev–Trinajstić information content (AvgIpc) is 3.10. The average molecular weight is 275 g/mol. The van der Waals surface area contributed by atoms with Crippen LogP contribution in [0.2, 0.25) is 0 Å². The van der Waals surface area contributed by atoms with Gasteiger partial charge in [-0.2, -0.15) is 5.10 Å². The van der Waals surface area contributed by atoms with Gasteiger partial charge in [-0.1, -0.05) is 0 Å². The summed E-state index contributed by atoms with van der Waals surface area (Å²) >= 11 is 0. The number of carbonyl (C=O) groups is 1. The minimum absolute atomic E-state index is 0.336. The van der Waals surface area contributed by atoms with Gasteiger partial charge in [-0.15, -0.1) is 0 Å². The molecule has 1 saturated carbocycles. The molecule has 1 heterocycles. The monoisotopic (exact) mass is 275 g/mol. The highest BCUT2D eigenvalue weighted by molar-refractivity contribution is 6.03. The molecule has 104 valence electrons. The number of H-pyrrole nitrogens is 1. The molecule has 2 N–H and O–H groups in total. The van der Waals surface area contributed by atoms with E-state index in [-0.39, 0.29) is 5.91 Å². The Morgan fingerprint density at radius 3 is 3.00 bits per heavy atom. The highest BCUT2D eigenvalue weighted by atomic mass is 19.1. The van der Waals surface area contributed by atoms with Crippen molar-refractivity contribution in [2.24, 2.45) is 5.92 Å². The highest BCUT2D eigenvalue weighted by Crippen LogP contribution is 2.32. The minimum Gasteiger partial charge on any atom is -0.491 e. The fourth-order valence-corrected chi connectivity index (χ4v) is 1.78. The van der Waals surface area contributed by atoms with Crippen LogP contribution in [-0.4, -0.2) is 22.7 Å². The molecule has 1 fully saturated rings. The summed E-state index contributed by atoms with van der Waals surface area (Å²) < 4.78 is 18.9. The summed E-state index contributed by atoms with van der Waals surface area (Å²) in [5.74, 6) is 0.167. The van der Waals surface area contributed by atoms with E-state index in [1.165, 1.54) is 24.4 Å². The second kappa shape index (κ2) is 5.32. The Labute approximate surface area is 115 Å². The predicted octanol–water partition coefficient (Wildman–Crippen LogP) is 2.59. The van der Waals surface area contributed by atoms with Gasteiger partial charge in [0.15, 0.2) is 0 Å². The Morgan fingerprint density at radius 2 is 2.30 bits per heavy atom. The molecular formula is C14H14FN3O2. The first kappa shape index (κ1) is 12.7. The van der Waals surface area contributed by atoms with Crippen LogP contribution in [0.1, 0.15) is 23.3 Å². The maximum absolute atomic E-state index is 13.3. The third-order valence-electron chi connectivity index (χ3n) is 3.11. The first-order valence-electron chi connectivity index (χ1n) is 6.45. The fourth-order valence-electron chi connectivity index (χ4n) is 1.78. The molecule has 5 nitrogen and oxygen atoms in total. The van der Waals surface area contributed by atoms with Crippen LogP contribution in [-0.2, 0) is 0 Å². The molecule has 2 aromatic rings. The van der Waals surface area contributed by atoms with Crippen molar-refractivity contribution in [3.8, 4) is 5.75 Å². The van der Waals surface area contributed by atoms with Crippen molar-refractivity contribution in [1.82, 2.24) is 10.2 Å². The maximum Gasteiger partial charge on any atom is 0.273 e. The number of rotatable bonds is 5. The van der Waals surface area contributed by atoms with Crippen LogP contribution in [0.4, 0.5) is 10.1 Å².